The van der Waals surface area contributed by atoms with Gasteiger partial charge in [-0.3, -0.25) is 0 Å². The Morgan fingerprint density at radius 2 is 2.31 bits per heavy atom. The molecule has 0 aromatic heterocycles. The first-order valence-electron chi connectivity index (χ1n) is 4.11. The van der Waals surface area contributed by atoms with Crippen molar-refractivity contribution < 1.29 is 18.9 Å². The maximum Gasteiger partial charge on any atom is 0.335 e. The maximum atomic E-state index is 11.0. The molecule has 13 heavy (non-hydrogen) atoms. The van der Waals surface area contributed by atoms with Gasteiger partial charge in [-0.15, -0.1) is 0 Å². The normalized spacial score (nSPS) is 15.1. The fourth-order valence-corrected chi connectivity index (χ4v) is 1.43. The lowest BCUT2D eigenvalue weighted by Crippen LogP contribution is -2.22. The minimum Gasteiger partial charge on any atom is -0.464 e. The SMILES string of the molecule is CCOC(=O)C(C)OP(O)CCN. The van der Waals surface area contributed by atoms with E-state index in [9.17, 15) is 9.69 Å². The third-order valence-corrected chi connectivity index (χ3v) is 2.42. The molecule has 5 nitrogen and oxygen atoms in total. The summed E-state index contributed by atoms with van der Waals surface area (Å²) in [5, 5.41) is 0. The standard InChI is InChI=1S/C7H16NO4P/c1-3-11-7(9)6(2)12-13(10)5-4-8/h6,10H,3-5,8H2,1-2H3. The first kappa shape index (κ1) is 12.8. The molecule has 0 heterocycles. The summed E-state index contributed by atoms with van der Waals surface area (Å²) in [6.45, 7) is 3.91. The van der Waals surface area contributed by atoms with Crippen molar-refractivity contribution in [2.45, 2.75) is 20.0 Å². The van der Waals surface area contributed by atoms with Gasteiger partial charge in [-0.1, -0.05) is 0 Å². The smallest absolute Gasteiger partial charge is 0.335 e. The van der Waals surface area contributed by atoms with Gasteiger partial charge in [-0.05, 0) is 13.8 Å². The molecule has 0 saturated heterocycles. The second-order valence-electron chi connectivity index (χ2n) is 2.36. The van der Waals surface area contributed by atoms with Crippen LogP contribution in [-0.2, 0) is 14.1 Å². The van der Waals surface area contributed by atoms with Gasteiger partial charge in [-0.25, -0.2) is 4.79 Å². The summed E-state index contributed by atoms with van der Waals surface area (Å²) in [7, 11) is -1.59. The Morgan fingerprint density at radius 3 is 2.77 bits per heavy atom. The van der Waals surface area contributed by atoms with Crippen molar-refractivity contribution in [2.24, 2.45) is 5.73 Å². The fourth-order valence-electron chi connectivity index (χ4n) is 0.648. The molecule has 0 radical (unpaired) electrons. The van der Waals surface area contributed by atoms with Crippen molar-refractivity contribution in [1.82, 2.24) is 0 Å². The lowest BCUT2D eigenvalue weighted by atomic mass is 10.4. The molecule has 0 saturated carbocycles. The lowest BCUT2D eigenvalue weighted by Gasteiger charge is -2.15. The molecule has 3 N–H and O–H groups in total. The molecule has 0 aliphatic carbocycles. The van der Waals surface area contributed by atoms with Crippen LogP contribution in [0, 0.1) is 0 Å². The summed E-state index contributed by atoms with van der Waals surface area (Å²) in [6, 6.07) is 0. The number of rotatable bonds is 6. The second-order valence-corrected chi connectivity index (χ2v) is 3.73. The van der Waals surface area contributed by atoms with Crippen LogP contribution >= 0.6 is 8.38 Å². The van der Waals surface area contributed by atoms with Crippen molar-refractivity contribution in [3.8, 4) is 0 Å². The number of esters is 1. The molecular weight excluding hydrogens is 193 g/mol. The van der Waals surface area contributed by atoms with E-state index in [-0.39, 0.29) is 0 Å². The Hall–Kier alpha value is -0.220. The van der Waals surface area contributed by atoms with Gasteiger partial charge in [0.25, 0.3) is 0 Å². The zero-order valence-electron chi connectivity index (χ0n) is 7.90. The van der Waals surface area contributed by atoms with Gasteiger partial charge < -0.3 is 19.9 Å². The number of hydrogen-bond donors (Lipinski definition) is 2. The summed E-state index contributed by atoms with van der Waals surface area (Å²) in [6.07, 6.45) is -0.346. The van der Waals surface area contributed by atoms with Crippen LogP contribution in [0.1, 0.15) is 13.8 Å². The van der Waals surface area contributed by atoms with E-state index in [1.54, 1.807) is 13.8 Å². The number of ether oxygens (including phenoxy) is 1. The molecule has 0 spiro atoms. The Bertz CT molecular complexity index is 155. The van der Waals surface area contributed by atoms with Crippen molar-refractivity contribution in [3.05, 3.63) is 0 Å². The molecule has 0 aliphatic heterocycles. The first-order chi connectivity index (χ1) is 6.11. The minimum absolute atomic E-state index is 0.312. The van der Waals surface area contributed by atoms with Crippen LogP contribution in [0.5, 0.6) is 0 Å². The first-order valence-corrected chi connectivity index (χ1v) is 5.51. The molecule has 0 bridgehead atoms. The largest absolute Gasteiger partial charge is 0.464 e. The van der Waals surface area contributed by atoms with Crippen LogP contribution in [0.15, 0.2) is 0 Å². The third-order valence-electron chi connectivity index (χ3n) is 1.22. The second kappa shape index (κ2) is 7.21. The average molecular weight is 209 g/mol. The molecule has 6 heteroatoms. The van der Waals surface area contributed by atoms with Crippen molar-refractivity contribution in [2.75, 3.05) is 19.3 Å². The predicted octanol–water partition coefficient (Wildman–Crippen LogP) is 0.217. The number of carbonyl (C=O) groups excluding carboxylic acids is 1. The maximum absolute atomic E-state index is 11.0. The molecule has 78 valence electrons. The Balaban J connectivity index is 3.71. The highest BCUT2D eigenvalue weighted by Gasteiger charge is 2.18. The van der Waals surface area contributed by atoms with E-state index in [1.165, 1.54) is 0 Å². The molecule has 2 unspecified atom stereocenters. The highest BCUT2D eigenvalue weighted by Crippen LogP contribution is 2.32. The highest BCUT2D eigenvalue weighted by atomic mass is 31.2. The molecule has 0 fully saturated rings. The molecule has 2 atom stereocenters. The van der Waals surface area contributed by atoms with Gasteiger partial charge in [0.1, 0.15) is 0 Å². The summed E-state index contributed by atoms with van der Waals surface area (Å²) in [5.41, 5.74) is 5.20. The summed E-state index contributed by atoms with van der Waals surface area (Å²) < 4.78 is 9.66. The summed E-state index contributed by atoms with van der Waals surface area (Å²) in [5.74, 6) is -0.457. The summed E-state index contributed by atoms with van der Waals surface area (Å²) >= 11 is 0. The number of hydrogen-bond acceptors (Lipinski definition) is 5. The summed E-state index contributed by atoms with van der Waals surface area (Å²) in [4.78, 5) is 20.2. The van der Waals surface area contributed by atoms with Gasteiger partial charge in [0.05, 0.1) is 6.61 Å². The van der Waals surface area contributed by atoms with Crippen LogP contribution in [0.25, 0.3) is 0 Å². The van der Waals surface area contributed by atoms with Crippen molar-refractivity contribution in [1.29, 1.82) is 0 Å². The fraction of sp³-hybridized carbons (Fsp3) is 0.857. The van der Waals surface area contributed by atoms with Crippen LogP contribution in [0.4, 0.5) is 0 Å². The van der Waals surface area contributed by atoms with Crippen molar-refractivity contribution >= 4 is 14.3 Å². The minimum atomic E-state index is -1.59. The van der Waals surface area contributed by atoms with Gasteiger partial charge >= 0.3 is 5.97 Å². The lowest BCUT2D eigenvalue weighted by molar-refractivity contribution is -0.150. The number of carbonyl (C=O) groups is 1. The van der Waals surface area contributed by atoms with Gasteiger partial charge in [0.2, 0.25) is 0 Å². The Labute approximate surface area is 79.1 Å². The average Bonchev–Trinajstić information content (AvgIpc) is 2.05. The Morgan fingerprint density at radius 1 is 1.69 bits per heavy atom. The predicted molar refractivity (Wildman–Crippen MR) is 50.2 cm³/mol. The number of nitrogens with two attached hydrogens (primary N) is 1. The van der Waals surface area contributed by atoms with Crippen LogP contribution in [-0.4, -0.2) is 36.3 Å². The molecule has 0 aromatic carbocycles. The van der Waals surface area contributed by atoms with Gasteiger partial charge in [0.15, 0.2) is 14.5 Å². The third kappa shape index (κ3) is 5.93. The zero-order valence-corrected chi connectivity index (χ0v) is 8.79. The van der Waals surface area contributed by atoms with E-state index in [4.69, 9.17) is 10.3 Å². The molecule has 0 aliphatic rings. The van der Waals surface area contributed by atoms with E-state index >= 15 is 0 Å². The molecule has 0 aromatic rings. The van der Waals surface area contributed by atoms with Crippen LogP contribution < -0.4 is 5.73 Å². The van der Waals surface area contributed by atoms with Crippen LogP contribution in [0.3, 0.4) is 0 Å². The van der Waals surface area contributed by atoms with Crippen LogP contribution in [0.2, 0.25) is 0 Å². The topological polar surface area (TPSA) is 81.8 Å². The quantitative estimate of drug-likeness (QED) is 0.483. The Kier molecular flexibility index (Phi) is 7.09. The molecule has 0 rings (SSSR count). The van der Waals surface area contributed by atoms with Gasteiger partial charge in [-0.2, -0.15) is 0 Å². The molecular formula is C7H16NO4P. The molecule has 0 amide bonds. The van der Waals surface area contributed by atoms with Crippen molar-refractivity contribution in [3.63, 3.8) is 0 Å². The van der Waals surface area contributed by atoms with E-state index in [1.807, 2.05) is 0 Å². The van der Waals surface area contributed by atoms with E-state index in [0.29, 0.717) is 19.3 Å². The van der Waals surface area contributed by atoms with E-state index < -0.39 is 20.4 Å². The van der Waals surface area contributed by atoms with Gasteiger partial charge in [0, 0.05) is 12.7 Å². The van der Waals surface area contributed by atoms with E-state index in [2.05, 4.69) is 4.74 Å². The monoisotopic (exact) mass is 209 g/mol. The highest BCUT2D eigenvalue weighted by molar-refractivity contribution is 7.46. The zero-order chi connectivity index (χ0) is 10.3. The van der Waals surface area contributed by atoms with E-state index in [0.717, 1.165) is 0 Å².